The molecule has 21 heavy (non-hydrogen) atoms. The summed E-state index contributed by atoms with van der Waals surface area (Å²) in [5.41, 5.74) is 8.56. The molecule has 0 saturated carbocycles. The molecule has 1 aromatic rings. The van der Waals surface area contributed by atoms with E-state index >= 15 is 0 Å². The monoisotopic (exact) mass is 290 g/mol. The first-order chi connectivity index (χ1) is 10.0. The van der Waals surface area contributed by atoms with E-state index in [0.717, 1.165) is 42.5 Å². The van der Waals surface area contributed by atoms with Crippen LogP contribution in [0.3, 0.4) is 0 Å². The van der Waals surface area contributed by atoms with Gasteiger partial charge in [0.15, 0.2) is 5.96 Å². The summed E-state index contributed by atoms with van der Waals surface area (Å²) in [5, 5.41) is 9.67. The van der Waals surface area contributed by atoms with Gasteiger partial charge < -0.3 is 5.73 Å². The second-order valence-electron chi connectivity index (χ2n) is 4.98. The van der Waals surface area contributed by atoms with Crippen LogP contribution < -0.4 is 16.0 Å². The number of urea groups is 1. The molecule has 0 spiro atoms. The zero-order chi connectivity index (χ0) is 15.8. The number of aryl methyl sites for hydroxylation is 2. The molecule has 2 amide bonds. The van der Waals surface area contributed by atoms with Crippen molar-refractivity contribution in [2.24, 2.45) is 5.73 Å². The largest absolute Gasteiger partial charge is 0.370 e. The number of anilines is 1. The summed E-state index contributed by atoms with van der Waals surface area (Å²) in [5.74, 6) is -0.325. The highest BCUT2D eigenvalue weighted by Crippen LogP contribution is 2.27. The topological polar surface area (TPSA) is 82.2 Å². The molecular weight excluding hydrogens is 264 g/mol. The van der Waals surface area contributed by atoms with Gasteiger partial charge >= 0.3 is 6.03 Å². The number of carbonyl (C=O) groups excluding carboxylic acids is 1. The zero-order valence-electron chi connectivity index (χ0n) is 13.2. The Morgan fingerprint density at radius 2 is 1.81 bits per heavy atom. The average molecular weight is 290 g/mol. The number of nitrogens with one attached hydrogen (secondary N) is 2. The molecule has 0 aliphatic carbocycles. The summed E-state index contributed by atoms with van der Waals surface area (Å²) in [6, 6.07) is 5.80. The highest BCUT2D eigenvalue weighted by molar-refractivity contribution is 6.03. The maximum Gasteiger partial charge on any atom is 0.328 e. The number of hydrogen-bond donors (Lipinski definition) is 3. The Balaban J connectivity index is 3.24. The summed E-state index contributed by atoms with van der Waals surface area (Å²) in [6.45, 7) is 6.88. The standard InChI is InChI=1S/C16H26N4O/c1-4-7-11-20(16(21)19-15(17)18)14-12(5-2)9-8-10-13(14)6-3/h8-10H,4-7,11H2,1-3H3,(H4,17,18,19,21). The Morgan fingerprint density at radius 3 is 2.24 bits per heavy atom. The van der Waals surface area contributed by atoms with Crippen molar-refractivity contribution in [3.8, 4) is 0 Å². The minimum Gasteiger partial charge on any atom is -0.370 e. The Bertz CT molecular complexity index is 477. The number of guanidine groups is 1. The molecule has 0 aliphatic rings. The fourth-order valence-electron chi connectivity index (χ4n) is 2.38. The molecule has 0 aliphatic heterocycles. The molecule has 0 atom stereocenters. The molecule has 1 rings (SSSR count). The fraction of sp³-hybridized carbons (Fsp3) is 0.500. The first-order valence-electron chi connectivity index (χ1n) is 7.58. The average Bonchev–Trinajstić information content (AvgIpc) is 2.46. The smallest absolute Gasteiger partial charge is 0.328 e. The molecule has 0 radical (unpaired) electrons. The maximum atomic E-state index is 12.4. The first kappa shape index (κ1) is 17.0. The Kier molecular flexibility index (Phi) is 6.72. The normalized spacial score (nSPS) is 10.2. The van der Waals surface area contributed by atoms with Gasteiger partial charge in [0.25, 0.3) is 0 Å². The van der Waals surface area contributed by atoms with Crippen LogP contribution in [0, 0.1) is 5.41 Å². The van der Waals surface area contributed by atoms with E-state index < -0.39 is 0 Å². The Hall–Kier alpha value is -2.04. The Labute approximate surface area is 127 Å². The highest BCUT2D eigenvalue weighted by Gasteiger charge is 2.20. The Morgan fingerprint density at radius 1 is 1.24 bits per heavy atom. The highest BCUT2D eigenvalue weighted by atomic mass is 16.2. The lowest BCUT2D eigenvalue weighted by molar-refractivity contribution is 0.250. The number of carbonyl (C=O) groups is 1. The maximum absolute atomic E-state index is 12.4. The second kappa shape index (κ2) is 8.29. The molecule has 1 aromatic carbocycles. The van der Waals surface area contributed by atoms with Gasteiger partial charge in [-0.25, -0.2) is 4.79 Å². The number of hydrogen-bond acceptors (Lipinski definition) is 2. The summed E-state index contributed by atoms with van der Waals surface area (Å²) >= 11 is 0. The van der Waals surface area contributed by atoms with E-state index in [1.54, 1.807) is 4.90 Å². The van der Waals surface area contributed by atoms with Gasteiger partial charge in [0, 0.05) is 6.54 Å². The third kappa shape index (κ3) is 4.48. The molecule has 0 fully saturated rings. The van der Waals surface area contributed by atoms with Crippen molar-refractivity contribution >= 4 is 17.7 Å². The third-order valence-corrected chi connectivity index (χ3v) is 3.46. The zero-order valence-corrected chi connectivity index (χ0v) is 13.2. The van der Waals surface area contributed by atoms with Gasteiger partial charge in [0.05, 0.1) is 5.69 Å². The number of unbranched alkanes of at least 4 members (excludes halogenated alkanes) is 1. The quantitative estimate of drug-likeness (QED) is 0.556. The lowest BCUT2D eigenvalue weighted by atomic mass is 10.0. The van der Waals surface area contributed by atoms with Gasteiger partial charge in [0.2, 0.25) is 0 Å². The van der Waals surface area contributed by atoms with Crippen molar-refractivity contribution in [1.29, 1.82) is 5.41 Å². The second-order valence-corrected chi connectivity index (χ2v) is 4.98. The SMILES string of the molecule is CCCCN(C(=O)NC(=N)N)c1c(CC)cccc1CC. The van der Waals surface area contributed by atoms with Gasteiger partial charge in [-0.1, -0.05) is 45.4 Å². The van der Waals surface area contributed by atoms with Crippen molar-refractivity contribution in [2.75, 3.05) is 11.4 Å². The van der Waals surface area contributed by atoms with Crippen LogP contribution in [0.15, 0.2) is 18.2 Å². The van der Waals surface area contributed by atoms with Crippen molar-refractivity contribution in [3.63, 3.8) is 0 Å². The number of rotatable bonds is 6. The predicted molar refractivity (Wildman–Crippen MR) is 87.9 cm³/mol. The van der Waals surface area contributed by atoms with Crippen LogP contribution in [0.5, 0.6) is 0 Å². The van der Waals surface area contributed by atoms with Gasteiger partial charge in [-0.15, -0.1) is 0 Å². The number of para-hydroxylation sites is 1. The van der Waals surface area contributed by atoms with E-state index in [9.17, 15) is 4.79 Å². The van der Waals surface area contributed by atoms with Crippen LogP contribution in [-0.2, 0) is 12.8 Å². The van der Waals surface area contributed by atoms with Gasteiger partial charge in [-0.3, -0.25) is 15.6 Å². The van der Waals surface area contributed by atoms with Crippen LogP contribution in [-0.4, -0.2) is 18.5 Å². The molecule has 0 saturated heterocycles. The van der Waals surface area contributed by atoms with Crippen LogP contribution in [0.25, 0.3) is 0 Å². The third-order valence-electron chi connectivity index (χ3n) is 3.46. The van der Waals surface area contributed by atoms with Gasteiger partial charge in [0.1, 0.15) is 0 Å². The predicted octanol–water partition coefficient (Wildman–Crippen LogP) is 3.02. The molecular formula is C16H26N4O. The van der Waals surface area contributed by atoms with Crippen molar-refractivity contribution < 1.29 is 4.79 Å². The molecule has 0 aromatic heterocycles. The molecule has 0 heterocycles. The summed E-state index contributed by atoms with van der Waals surface area (Å²) in [6.07, 6.45) is 3.63. The van der Waals surface area contributed by atoms with Gasteiger partial charge in [-0.05, 0) is 30.4 Å². The number of benzene rings is 1. The van der Waals surface area contributed by atoms with Crippen LogP contribution in [0.4, 0.5) is 10.5 Å². The molecule has 0 unspecified atom stereocenters. The summed E-state index contributed by atoms with van der Waals surface area (Å²) in [7, 11) is 0. The van der Waals surface area contributed by atoms with Crippen LogP contribution >= 0.6 is 0 Å². The van der Waals surface area contributed by atoms with Crippen LogP contribution in [0.1, 0.15) is 44.7 Å². The van der Waals surface area contributed by atoms with E-state index in [-0.39, 0.29) is 12.0 Å². The van der Waals surface area contributed by atoms with E-state index in [2.05, 4.69) is 38.2 Å². The van der Waals surface area contributed by atoms with E-state index in [0.29, 0.717) is 6.54 Å². The molecule has 4 N–H and O–H groups in total. The van der Waals surface area contributed by atoms with E-state index in [4.69, 9.17) is 11.1 Å². The summed E-state index contributed by atoms with van der Waals surface area (Å²) < 4.78 is 0. The minimum absolute atomic E-state index is 0.325. The molecule has 5 nitrogen and oxygen atoms in total. The lowest BCUT2D eigenvalue weighted by Crippen LogP contribution is -2.46. The van der Waals surface area contributed by atoms with Crippen molar-refractivity contribution in [3.05, 3.63) is 29.3 Å². The number of amides is 2. The first-order valence-corrected chi connectivity index (χ1v) is 7.58. The van der Waals surface area contributed by atoms with E-state index in [1.807, 2.05) is 6.07 Å². The molecule has 0 bridgehead atoms. The van der Waals surface area contributed by atoms with E-state index in [1.165, 1.54) is 0 Å². The summed E-state index contributed by atoms with van der Waals surface area (Å²) in [4.78, 5) is 14.1. The molecule has 5 heteroatoms. The van der Waals surface area contributed by atoms with Crippen molar-refractivity contribution in [2.45, 2.75) is 46.5 Å². The van der Waals surface area contributed by atoms with Crippen LogP contribution in [0.2, 0.25) is 0 Å². The van der Waals surface area contributed by atoms with Gasteiger partial charge in [-0.2, -0.15) is 0 Å². The molecule has 116 valence electrons. The minimum atomic E-state index is -0.327. The number of nitrogens with zero attached hydrogens (tertiary/aromatic N) is 1. The van der Waals surface area contributed by atoms with Crippen molar-refractivity contribution in [1.82, 2.24) is 5.32 Å². The number of nitrogens with two attached hydrogens (primary N) is 1. The lowest BCUT2D eigenvalue weighted by Gasteiger charge is -2.27. The fourth-order valence-corrected chi connectivity index (χ4v) is 2.38.